The Morgan fingerprint density at radius 3 is 2.69 bits per heavy atom. The maximum Gasteiger partial charge on any atom is 0.309 e. The highest BCUT2D eigenvalue weighted by Crippen LogP contribution is 2.20. The molecule has 1 aromatic rings. The van der Waals surface area contributed by atoms with E-state index in [1.54, 1.807) is 12.1 Å². The van der Waals surface area contributed by atoms with Crippen LogP contribution in [0.4, 0.5) is 5.82 Å². The van der Waals surface area contributed by atoms with E-state index in [0.29, 0.717) is 5.82 Å². The van der Waals surface area contributed by atoms with Gasteiger partial charge in [-0.05, 0) is 26.0 Å². The number of aromatic nitrogens is 2. The summed E-state index contributed by atoms with van der Waals surface area (Å²) in [6.07, 6.45) is 1.37. The van der Waals surface area contributed by atoms with Crippen LogP contribution in [0.1, 0.15) is 20.3 Å². The van der Waals surface area contributed by atoms with Gasteiger partial charge in [-0.3, -0.25) is 9.59 Å². The molecular formula is C10H13N3O3. The number of nitrogens with one attached hydrogen (secondary N) is 1. The maximum absolute atomic E-state index is 11.5. The Morgan fingerprint density at radius 1 is 1.50 bits per heavy atom. The van der Waals surface area contributed by atoms with Crippen molar-refractivity contribution in [2.75, 3.05) is 5.32 Å². The number of carboxylic acid groups (broad SMARTS) is 1. The van der Waals surface area contributed by atoms with Crippen molar-refractivity contribution in [3.05, 3.63) is 18.3 Å². The number of hydrogen-bond donors (Lipinski definition) is 2. The Kier molecular flexibility index (Phi) is 3.55. The second kappa shape index (κ2) is 4.69. The van der Waals surface area contributed by atoms with Gasteiger partial charge in [0.15, 0.2) is 5.82 Å². The van der Waals surface area contributed by atoms with Crippen LogP contribution in [-0.2, 0) is 9.59 Å². The number of hydrogen-bond acceptors (Lipinski definition) is 4. The molecule has 0 aliphatic rings. The molecule has 0 aliphatic heterocycles. The number of carboxylic acids is 1. The first-order chi connectivity index (χ1) is 7.42. The molecule has 2 N–H and O–H groups in total. The number of amides is 1. The highest BCUT2D eigenvalue weighted by molar-refractivity contribution is 5.93. The summed E-state index contributed by atoms with van der Waals surface area (Å²) in [7, 11) is 0. The van der Waals surface area contributed by atoms with Crippen molar-refractivity contribution in [2.45, 2.75) is 20.3 Å². The third-order valence-corrected chi connectivity index (χ3v) is 2.02. The fourth-order valence-corrected chi connectivity index (χ4v) is 1.03. The molecule has 0 unspecified atom stereocenters. The molecule has 16 heavy (non-hydrogen) atoms. The van der Waals surface area contributed by atoms with Gasteiger partial charge in [-0.15, -0.1) is 5.10 Å². The van der Waals surface area contributed by atoms with E-state index in [2.05, 4.69) is 15.5 Å². The van der Waals surface area contributed by atoms with Crippen molar-refractivity contribution >= 4 is 17.7 Å². The maximum atomic E-state index is 11.5. The fraction of sp³-hybridized carbons (Fsp3) is 0.400. The standard InChI is InChI=1S/C10H13N3O3/c1-10(2,9(15)16)6-8(14)12-7-4-3-5-11-13-7/h3-5H,6H2,1-2H3,(H,15,16)(H,12,13,14). The van der Waals surface area contributed by atoms with E-state index in [1.165, 1.54) is 20.0 Å². The Hall–Kier alpha value is -1.98. The second-order valence-electron chi connectivity index (χ2n) is 4.02. The predicted octanol–water partition coefficient (Wildman–Crippen LogP) is 0.916. The van der Waals surface area contributed by atoms with Crippen LogP contribution in [0.2, 0.25) is 0 Å². The Balaban J connectivity index is 2.58. The van der Waals surface area contributed by atoms with Gasteiger partial charge in [-0.2, -0.15) is 5.10 Å². The van der Waals surface area contributed by atoms with E-state index in [-0.39, 0.29) is 6.42 Å². The third kappa shape index (κ3) is 3.30. The van der Waals surface area contributed by atoms with E-state index in [4.69, 9.17) is 5.11 Å². The Labute approximate surface area is 92.7 Å². The smallest absolute Gasteiger partial charge is 0.309 e. The molecular weight excluding hydrogens is 210 g/mol. The van der Waals surface area contributed by atoms with E-state index in [1.807, 2.05) is 0 Å². The molecule has 0 fully saturated rings. The van der Waals surface area contributed by atoms with Crippen molar-refractivity contribution in [3.63, 3.8) is 0 Å². The Bertz CT molecular complexity index is 390. The lowest BCUT2D eigenvalue weighted by molar-refractivity contribution is -0.148. The van der Waals surface area contributed by atoms with Gasteiger partial charge in [0.25, 0.3) is 0 Å². The average Bonchev–Trinajstić information content (AvgIpc) is 2.17. The number of anilines is 1. The monoisotopic (exact) mass is 223 g/mol. The van der Waals surface area contributed by atoms with Gasteiger partial charge < -0.3 is 10.4 Å². The van der Waals surface area contributed by atoms with Crippen molar-refractivity contribution < 1.29 is 14.7 Å². The van der Waals surface area contributed by atoms with Crippen LogP contribution in [0, 0.1) is 5.41 Å². The number of aliphatic carboxylic acids is 1. The van der Waals surface area contributed by atoms with E-state index >= 15 is 0 Å². The van der Waals surface area contributed by atoms with Crippen molar-refractivity contribution in [2.24, 2.45) is 5.41 Å². The molecule has 1 amide bonds. The third-order valence-electron chi connectivity index (χ3n) is 2.02. The quantitative estimate of drug-likeness (QED) is 0.791. The fourth-order valence-electron chi connectivity index (χ4n) is 1.03. The van der Waals surface area contributed by atoms with Gasteiger partial charge in [0.1, 0.15) is 0 Å². The van der Waals surface area contributed by atoms with Gasteiger partial charge in [-0.1, -0.05) is 0 Å². The number of carbonyl (C=O) groups is 2. The summed E-state index contributed by atoms with van der Waals surface area (Å²) in [6, 6.07) is 3.21. The minimum atomic E-state index is -1.09. The topological polar surface area (TPSA) is 92.2 Å². The first kappa shape index (κ1) is 12.1. The molecule has 1 rings (SSSR count). The molecule has 6 nitrogen and oxygen atoms in total. The molecule has 1 aromatic heterocycles. The normalized spacial score (nSPS) is 10.9. The molecule has 0 spiro atoms. The van der Waals surface area contributed by atoms with Crippen LogP contribution in [0.3, 0.4) is 0 Å². The molecule has 0 saturated carbocycles. The first-order valence-corrected chi connectivity index (χ1v) is 4.73. The zero-order valence-corrected chi connectivity index (χ0v) is 9.10. The largest absolute Gasteiger partial charge is 0.481 e. The first-order valence-electron chi connectivity index (χ1n) is 4.73. The molecule has 86 valence electrons. The molecule has 1 heterocycles. The SMILES string of the molecule is CC(C)(CC(=O)Nc1cccnn1)C(=O)O. The van der Waals surface area contributed by atoms with Crippen LogP contribution in [-0.4, -0.2) is 27.2 Å². The van der Waals surface area contributed by atoms with E-state index in [9.17, 15) is 9.59 Å². The van der Waals surface area contributed by atoms with Crippen LogP contribution < -0.4 is 5.32 Å². The van der Waals surface area contributed by atoms with Crippen LogP contribution >= 0.6 is 0 Å². The van der Waals surface area contributed by atoms with Crippen molar-refractivity contribution in [1.82, 2.24) is 10.2 Å². The lowest BCUT2D eigenvalue weighted by Gasteiger charge is -2.17. The molecule has 0 atom stereocenters. The number of nitrogens with zero attached hydrogens (tertiary/aromatic N) is 2. The van der Waals surface area contributed by atoms with Gasteiger partial charge in [0, 0.05) is 12.6 Å². The zero-order valence-electron chi connectivity index (χ0n) is 9.10. The summed E-state index contributed by atoms with van der Waals surface area (Å²) in [5.41, 5.74) is -1.09. The minimum absolute atomic E-state index is 0.112. The highest BCUT2D eigenvalue weighted by Gasteiger charge is 2.30. The minimum Gasteiger partial charge on any atom is -0.481 e. The molecule has 0 aromatic carbocycles. The molecule has 6 heteroatoms. The summed E-state index contributed by atoms with van der Waals surface area (Å²) in [4.78, 5) is 22.3. The summed E-state index contributed by atoms with van der Waals surface area (Å²) < 4.78 is 0. The van der Waals surface area contributed by atoms with Crippen LogP contribution in [0.5, 0.6) is 0 Å². The molecule has 0 saturated heterocycles. The van der Waals surface area contributed by atoms with Gasteiger partial charge in [0.05, 0.1) is 5.41 Å². The molecule has 0 aliphatic carbocycles. The summed E-state index contributed by atoms with van der Waals surface area (Å²) in [5, 5.41) is 18.6. The zero-order chi connectivity index (χ0) is 12.2. The summed E-state index contributed by atoms with van der Waals surface area (Å²) in [5.74, 6) is -1.09. The van der Waals surface area contributed by atoms with E-state index < -0.39 is 17.3 Å². The summed E-state index contributed by atoms with van der Waals surface area (Å²) in [6.45, 7) is 2.98. The number of rotatable bonds is 4. The highest BCUT2D eigenvalue weighted by atomic mass is 16.4. The van der Waals surface area contributed by atoms with Gasteiger partial charge >= 0.3 is 5.97 Å². The summed E-state index contributed by atoms with van der Waals surface area (Å²) >= 11 is 0. The van der Waals surface area contributed by atoms with Crippen molar-refractivity contribution in [1.29, 1.82) is 0 Å². The predicted molar refractivity (Wildman–Crippen MR) is 56.7 cm³/mol. The molecule has 0 bridgehead atoms. The van der Waals surface area contributed by atoms with E-state index in [0.717, 1.165) is 0 Å². The second-order valence-corrected chi connectivity index (χ2v) is 4.02. The average molecular weight is 223 g/mol. The Morgan fingerprint density at radius 2 is 2.19 bits per heavy atom. The number of carbonyl (C=O) groups excluding carboxylic acids is 1. The van der Waals surface area contributed by atoms with Gasteiger partial charge in [0.2, 0.25) is 5.91 Å². The van der Waals surface area contributed by atoms with Crippen LogP contribution in [0.15, 0.2) is 18.3 Å². The lowest BCUT2D eigenvalue weighted by atomic mass is 9.89. The van der Waals surface area contributed by atoms with Crippen LogP contribution in [0.25, 0.3) is 0 Å². The molecule has 0 radical (unpaired) electrons. The lowest BCUT2D eigenvalue weighted by Crippen LogP contribution is -2.29. The van der Waals surface area contributed by atoms with Gasteiger partial charge in [-0.25, -0.2) is 0 Å². The van der Waals surface area contributed by atoms with Crippen molar-refractivity contribution in [3.8, 4) is 0 Å².